The second kappa shape index (κ2) is 9.89. The Balaban J connectivity index is 2.06. The van der Waals surface area contributed by atoms with Gasteiger partial charge in [-0.05, 0) is 51.5 Å². The standard InChI is InChI=1S/C17H29FN2/c1-15(2)13-19-11-7-4-8-12-20(3)14-16-9-5-6-10-17(16)18/h5-6,9-10,15,19H,4,7-8,11-14H2,1-3H3. The predicted octanol–water partition coefficient (Wildman–Crippen LogP) is 3.67. The molecule has 1 rings (SSSR count). The van der Waals surface area contributed by atoms with Crippen LogP contribution in [0.1, 0.15) is 38.7 Å². The van der Waals surface area contributed by atoms with Crippen LogP contribution >= 0.6 is 0 Å². The van der Waals surface area contributed by atoms with Crippen LogP contribution in [0, 0.1) is 11.7 Å². The van der Waals surface area contributed by atoms with Gasteiger partial charge < -0.3 is 10.2 Å². The van der Waals surface area contributed by atoms with Gasteiger partial charge in [0.25, 0.3) is 0 Å². The first kappa shape index (κ1) is 17.1. The SMILES string of the molecule is CC(C)CNCCCCCN(C)Cc1ccccc1F. The summed E-state index contributed by atoms with van der Waals surface area (Å²) < 4.78 is 13.5. The number of unbranched alkanes of at least 4 members (excludes halogenated alkanes) is 2. The lowest BCUT2D eigenvalue weighted by atomic mass is 10.2. The maximum absolute atomic E-state index is 13.5. The lowest BCUT2D eigenvalue weighted by Crippen LogP contribution is -2.22. The summed E-state index contributed by atoms with van der Waals surface area (Å²) in [6.07, 6.45) is 3.63. The lowest BCUT2D eigenvalue weighted by molar-refractivity contribution is 0.312. The highest BCUT2D eigenvalue weighted by Crippen LogP contribution is 2.09. The Morgan fingerprint density at radius 3 is 2.60 bits per heavy atom. The van der Waals surface area contributed by atoms with Crippen molar-refractivity contribution in [1.29, 1.82) is 0 Å². The number of halogens is 1. The smallest absolute Gasteiger partial charge is 0.127 e. The summed E-state index contributed by atoms with van der Waals surface area (Å²) in [6, 6.07) is 7.03. The molecule has 0 unspecified atom stereocenters. The summed E-state index contributed by atoms with van der Waals surface area (Å²) in [4.78, 5) is 2.19. The highest BCUT2D eigenvalue weighted by Gasteiger charge is 2.04. The molecular formula is C17H29FN2. The van der Waals surface area contributed by atoms with Crippen LogP contribution in [-0.4, -0.2) is 31.6 Å². The minimum atomic E-state index is -0.0998. The van der Waals surface area contributed by atoms with E-state index in [-0.39, 0.29) is 5.82 Å². The number of benzene rings is 1. The van der Waals surface area contributed by atoms with Gasteiger partial charge in [-0.1, -0.05) is 38.5 Å². The molecule has 0 aliphatic heterocycles. The molecule has 20 heavy (non-hydrogen) atoms. The van der Waals surface area contributed by atoms with Crippen LogP contribution < -0.4 is 5.32 Å². The Bertz CT molecular complexity index is 366. The minimum absolute atomic E-state index is 0.0998. The fraction of sp³-hybridized carbons (Fsp3) is 0.647. The van der Waals surface area contributed by atoms with Gasteiger partial charge in [0.15, 0.2) is 0 Å². The summed E-state index contributed by atoms with van der Waals surface area (Å²) in [7, 11) is 2.06. The summed E-state index contributed by atoms with van der Waals surface area (Å²) in [5.41, 5.74) is 0.786. The largest absolute Gasteiger partial charge is 0.316 e. The molecule has 0 atom stereocenters. The molecule has 0 spiro atoms. The molecule has 0 aliphatic carbocycles. The summed E-state index contributed by atoms with van der Waals surface area (Å²) in [6.45, 7) is 8.38. The van der Waals surface area contributed by atoms with E-state index in [1.54, 1.807) is 6.07 Å². The topological polar surface area (TPSA) is 15.3 Å². The Hall–Kier alpha value is -0.930. The first-order valence-electron chi connectivity index (χ1n) is 7.72. The normalized spacial score (nSPS) is 11.5. The van der Waals surface area contributed by atoms with Crippen molar-refractivity contribution >= 4 is 0 Å². The van der Waals surface area contributed by atoms with Gasteiger partial charge in [0.05, 0.1) is 0 Å². The van der Waals surface area contributed by atoms with Crippen LogP contribution in [0.4, 0.5) is 4.39 Å². The molecule has 1 N–H and O–H groups in total. The van der Waals surface area contributed by atoms with Crippen molar-refractivity contribution in [2.45, 2.75) is 39.7 Å². The van der Waals surface area contributed by atoms with Crippen molar-refractivity contribution in [2.24, 2.45) is 5.92 Å². The summed E-state index contributed by atoms with van der Waals surface area (Å²) in [5, 5.41) is 3.46. The van der Waals surface area contributed by atoms with E-state index < -0.39 is 0 Å². The third-order valence-corrected chi connectivity index (χ3v) is 3.34. The Morgan fingerprint density at radius 1 is 1.15 bits per heavy atom. The van der Waals surface area contributed by atoms with Crippen molar-refractivity contribution in [3.63, 3.8) is 0 Å². The van der Waals surface area contributed by atoms with Crippen molar-refractivity contribution < 1.29 is 4.39 Å². The summed E-state index contributed by atoms with van der Waals surface area (Å²) >= 11 is 0. The molecule has 0 fully saturated rings. The highest BCUT2D eigenvalue weighted by molar-refractivity contribution is 5.16. The monoisotopic (exact) mass is 280 g/mol. The number of nitrogens with one attached hydrogen (secondary N) is 1. The van der Waals surface area contributed by atoms with E-state index in [0.717, 1.165) is 31.1 Å². The van der Waals surface area contributed by atoms with Gasteiger partial charge in [-0.2, -0.15) is 0 Å². The number of hydrogen-bond donors (Lipinski definition) is 1. The van der Waals surface area contributed by atoms with E-state index in [0.29, 0.717) is 6.54 Å². The predicted molar refractivity (Wildman–Crippen MR) is 84.3 cm³/mol. The van der Waals surface area contributed by atoms with Gasteiger partial charge in [-0.15, -0.1) is 0 Å². The molecule has 0 radical (unpaired) electrons. The Kier molecular flexibility index (Phi) is 8.47. The van der Waals surface area contributed by atoms with Crippen molar-refractivity contribution in [3.05, 3.63) is 35.6 Å². The van der Waals surface area contributed by atoms with Gasteiger partial charge in [-0.25, -0.2) is 4.39 Å². The maximum Gasteiger partial charge on any atom is 0.127 e. The van der Waals surface area contributed by atoms with E-state index in [2.05, 4.69) is 31.1 Å². The highest BCUT2D eigenvalue weighted by atomic mass is 19.1. The first-order chi connectivity index (χ1) is 9.59. The molecule has 1 aromatic carbocycles. The molecule has 114 valence electrons. The number of nitrogens with zero attached hydrogens (tertiary/aromatic N) is 1. The van der Waals surface area contributed by atoms with Gasteiger partial charge >= 0.3 is 0 Å². The Morgan fingerprint density at radius 2 is 1.90 bits per heavy atom. The molecule has 2 nitrogen and oxygen atoms in total. The number of rotatable bonds is 10. The zero-order valence-electron chi connectivity index (χ0n) is 13.2. The van der Waals surface area contributed by atoms with E-state index in [4.69, 9.17) is 0 Å². The lowest BCUT2D eigenvalue weighted by Gasteiger charge is -2.17. The van der Waals surface area contributed by atoms with Gasteiger partial charge in [0.2, 0.25) is 0 Å². The van der Waals surface area contributed by atoms with Crippen molar-refractivity contribution in [1.82, 2.24) is 10.2 Å². The van der Waals surface area contributed by atoms with Crippen LogP contribution in [0.5, 0.6) is 0 Å². The quantitative estimate of drug-likeness (QED) is 0.658. The second-order valence-corrected chi connectivity index (χ2v) is 5.99. The first-order valence-corrected chi connectivity index (χ1v) is 7.72. The molecule has 0 saturated carbocycles. The zero-order valence-corrected chi connectivity index (χ0v) is 13.2. The second-order valence-electron chi connectivity index (χ2n) is 5.99. The van der Waals surface area contributed by atoms with Crippen LogP contribution in [0.15, 0.2) is 24.3 Å². The van der Waals surface area contributed by atoms with Crippen LogP contribution in [-0.2, 0) is 6.54 Å². The van der Waals surface area contributed by atoms with Crippen LogP contribution in [0.25, 0.3) is 0 Å². The molecule has 0 saturated heterocycles. The van der Waals surface area contributed by atoms with E-state index in [9.17, 15) is 4.39 Å². The molecular weight excluding hydrogens is 251 g/mol. The third kappa shape index (κ3) is 7.61. The third-order valence-electron chi connectivity index (χ3n) is 3.34. The van der Waals surface area contributed by atoms with E-state index in [1.165, 1.54) is 25.3 Å². The van der Waals surface area contributed by atoms with Crippen molar-refractivity contribution in [2.75, 3.05) is 26.7 Å². The van der Waals surface area contributed by atoms with Gasteiger partial charge in [-0.3, -0.25) is 0 Å². The Labute approximate surface area is 123 Å². The number of hydrogen-bond acceptors (Lipinski definition) is 2. The average Bonchev–Trinajstić information content (AvgIpc) is 2.40. The summed E-state index contributed by atoms with van der Waals surface area (Å²) in [5.74, 6) is 0.624. The van der Waals surface area contributed by atoms with Crippen LogP contribution in [0.3, 0.4) is 0 Å². The van der Waals surface area contributed by atoms with Gasteiger partial charge in [0, 0.05) is 12.1 Å². The molecule has 0 heterocycles. The van der Waals surface area contributed by atoms with Crippen molar-refractivity contribution in [3.8, 4) is 0 Å². The fourth-order valence-electron chi connectivity index (χ4n) is 2.20. The fourth-order valence-corrected chi connectivity index (χ4v) is 2.20. The van der Waals surface area contributed by atoms with E-state index in [1.807, 2.05) is 12.1 Å². The minimum Gasteiger partial charge on any atom is -0.316 e. The van der Waals surface area contributed by atoms with Crippen LogP contribution in [0.2, 0.25) is 0 Å². The zero-order chi connectivity index (χ0) is 14.8. The van der Waals surface area contributed by atoms with E-state index >= 15 is 0 Å². The molecule has 1 aromatic rings. The molecule has 0 aromatic heterocycles. The molecule has 0 bridgehead atoms. The maximum atomic E-state index is 13.5. The molecule has 0 amide bonds. The molecule has 0 aliphatic rings. The average molecular weight is 280 g/mol. The van der Waals surface area contributed by atoms with Gasteiger partial charge in [0.1, 0.15) is 5.82 Å². The molecule has 3 heteroatoms.